The van der Waals surface area contributed by atoms with E-state index in [0.29, 0.717) is 11.4 Å². The van der Waals surface area contributed by atoms with Gasteiger partial charge in [0.05, 0.1) is 12.2 Å². The van der Waals surface area contributed by atoms with E-state index in [1.807, 2.05) is 0 Å². The first-order chi connectivity index (χ1) is 10.6. The molecule has 0 radical (unpaired) electrons. The first kappa shape index (κ1) is 14.3. The van der Waals surface area contributed by atoms with Crippen molar-refractivity contribution in [2.45, 2.75) is 12.8 Å². The largest absolute Gasteiger partial charge is 0.347 e. The summed E-state index contributed by atoms with van der Waals surface area (Å²) in [5.74, 6) is -0.725. The predicted octanol–water partition coefficient (Wildman–Crippen LogP) is 2.08. The number of carbonyl (C=O) groups excluding carboxylic acids is 2. The summed E-state index contributed by atoms with van der Waals surface area (Å²) in [6.45, 7) is -0.0778. The fourth-order valence-electron chi connectivity index (χ4n) is 2.15. The number of nitrogens with one attached hydrogen (secondary N) is 2. The van der Waals surface area contributed by atoms with Crippen LogP contribution in [0.5, 0.6) is 0 Å². The molecule has 22 heavy (non-hydrogen) atoms. The number of hydrogen-bond acceptors (Lipinski definition) is 2. The molecule has 2 N–H and O–H groups in total. The Bertz CT molecular complexity index is 693. The molecule has 0 aliphatic heterocycles. The quantitative estimate of drug-likeness (QED) is 0.888. The summed E-state index contributed by atoms with van der Waals surface area (Å²) in [6.07, 6.45) is 5.23. The summed E-state index contributed by atoms with van der Waals surface area (Å²) >= 11 is 0. The zero-order valence-corrected chi connectivity index (χ0v) is 11.9. The Morgan fingerprint density at radius 2 is 1.95 bits per heavy atom. The number of nitrogens with zero attached hydrogens (tertiary/aromatic N) is 1. The van der Waals surface area contributed by atoms with Gasteiger partial charge in [0.15, 0.2) is 0 Å². The normalized spacial score (nSPS) is 13.7. The summed E-state index contributed by atoms with van der Waals surface area (Å²) in [4.78, 5) is 23.3. The van der Waals surface area contributed by atoms with Crippen LogP contribution in [0, 0.1) is 11.7 Å². The molecule has 1 aliphatic carbocycles. The molecule has 6 heteroatoms. The van der Waals surface area contributed by atoms with Crippen LogP contribution in [0.25, 0.3) is 5.69 Å². The SMILES string of the molecule is O=C(CNC(=O)C1CC1)Nc1ccc(F)c(-n2cccc2)c1. The van der Waals surface area contributed by atoms with Gasteiger partial charge in [0.2, 0.25) is 11.8 Å². The van der Waals surface area contributed by atoms with Crippen molar-refractivity contribution in [3.8, 4) is 5.69 Å². The first-order valence-corrected chi connectivity index (χ1v) is 7.14. The molecule has 5 nitrogen and oxygen atoms in total. The molecule has 1 aromatic heterocycles. The van der Waals surface area contributed by atoms with Gasteiger partial charge in [0.25, 0.3) is 0 Å². The molecule has 0 bridgehead atoms. The van der Waals surface area contributed by atoms with Gasteiger partial charge < -0.3 is 15.2 Å². The molecule has 0 spiro atoms. The van der Waals surface area contributed by atoms with Crippen molar-refractivity contribution in [1.29, 1.82) is 0 Å². The lowest BCUT2D eigenvalue weighted by Gasteiger charge is -2.10. The minimum atomic E-state index is -0.378. The van der Waals surface area contributed by atoms with E-state index in [1.165, 1.54) is 12.1 Å². The minimum absolute atomic E-state index is 0.0685. The highest BCUT2D eigenvalue weighted by Gasteiger charge is 2.29. The number of hydrogen-bond donors (Lipinski definition) is 2. The molecule has 0 atom stereocenters. The van der Waals surface area contributed by atoms with Gasteiger partial charge >= 0.3 is 0 Å². The highest BCUT2D eigenvalue weighted by Crippen LogP contribution is 2.28. The van der Waals surface area contributed by atoms with Crippen LogP contribution in [0.1, 0.15) is 12.8 Å². The molecule has 1 heterocycles. The Hall–Kier alpha value is -2.63. The molecule has 114 valence electrons. The van der Waals surface area contributed by atoms with E-state index in [-0.39, 0.29) is 30.1 Å². The standard InChI is InChI=1S/C16H16FN3O2/c17-13-6-5-12(9-14(13)20-7-1-2-8-20)19-15(21)10-18-16(22)11-3-4-11/h1-2,5-9,11H,3-4,10H2,(H,18,22)(H,19,21). The van der Waals surface area contributed by atoms with Crippen molar-refractivity contribution in [3.63, 3.8) is 0 Å². The van der Waals surface area contributed by atoms with E-state index in [1.54, 1.807) is 35.2 Å². The summed E-state index contributed by atoms with van der Waals surface area (Å²) in [7, 11) is 0. The van der Waals surface area contributed by atoms with Gasteiger partial charge in [0, 0.05) is 24.0 Å². The molecule has 2 amide bonds. The zero-order valence-electron chi connectivity index (χ0n) is 11.9. The van der Waals surface area contributed by atoms with E-state index in [4.69, 9.17) is 0 Å². The average Bonchev–Trinajstić information content (AvgIpc) is 3.22. The Labute approximate surface area is 127 Å². The van der Waals surface area contributed by atoms with Crippen LogP contribution in [0.4, 0.5) is 10.1 Å². The lowest BCUT2D eigenvalue weighted by molar-refractivity contribution is -0.125. The minimum Gasteiger partial charge on any atom is -0.347 e. The zero-order chi connectivity index (χ0) is 15.5. The van der Waals surface area contributed by atoms with E-state index >= 15 is 0 Å². The lowest BCUT2D eigenvalue weighted by atomic mass is 10.2. The molecule has 0 unspecified atom stereocenters. The van der Waals surface area contributed by atoms with Crippen LogP contribution in [0.15, 0.2) is 42.7 Å². The van der Waals surface area contributed by atoms with E-state index in [9.17, 15) is 14.0 Å². The average molecular weight is 301 g/mol. The fourth-order valence-corrected chi connectivity index (χ4v) is 2.15. The van der Waals surface area contributed by atoms with E-state index in [2.05, 4.69) is 10.6 Å². The molecule has 1 fully saturated rings. The number of amides is 2. The molecular formula is C16H16FN3O2. The second kappa shape index (κ2) is 6.01. The smallest absolute Gasteiger partial charge is 0.243 e. The monoisotopic (exact) mass is 301 g/mol. The van der Waals surface area contributed by atoms with Gasteiger partial charge in [-0.15, -0.1) is 0 Å². The van der Waals surface area contributed by atoms with Crippen molar-refractivity contribution in [2.75, 3.05) is 11.9 Å². The number of halogens is 1. The number of benzene rings is 1. The van der Waals surface area contributed by atoms with Crippen molar-refractivity contribution in [1.82, 2.24) is 9.88 Å². The van der Waals surface area contributed by atoms with E-state index < -0.39 is 0 Å². The Morgan fingerprint density at radius 3 is 2.64 bits per heavy atom. The summed E-state index contributed by atoms with van der Waals surface area (Å²) in [6, 6.07) is 7.92. The van der Waals surface area contributed by atoms with Crippen molar-refractivity contribution in [2.24, 2.45) is 5.92 Å². The van der Waals surface area contributed by atoms with Gasteiger partial charge in [-0.1, -0.05) is 0 Å². The molecule has 1 saturated carbocycles. The van der Waals surface area contributed by atoms with Crippen LogP contribution in [-0.2, 0) is 9.59 Å². The Kier molecular flexibility index (Phi) is 3.91. The predicted molar refractivity (Wildman–Crippen MR) is 80.1 cm³/mol. The molecular weight excluding hydrogens is 285 g/mol. The van der Waals surface area contributed by atoms with E-state index in [0.717, 1.165) is 12.8 Å². The van der Waals surface area contributed by atoms with Crippen LogP contribution in [0.2, 0.25) is 0 Å². The van der Waals surface area contributed by atoms with Gasteiger partial charge in [-0.05, 0) is 43.2 Å². The molecule has 3 rings (SSSR count). The summed E-state index contributed by atoms with van der Waals surface area (Å²) in [5, 5.41) is 5.24. The highest BCUT2D eigenvalue weighted by molar-refractivity contribution is 5.95. The third-order valence-electron chi connectivity index (χ3n) is 3.48. The van der Waals surface area contributed by atoms with Crippen LogP contribution in [0.3, 0.4) is 0 Å². The van der Waals surface area contributed by atoms with Gasteiger partial charge in [0.1, 0.15) is 5.82 Å². The number of anilines is 1. The second-order valence-corrected chi connectivity index (χ2v) is 5.30. The fraction of sp³-hybridized carbons (Fsp3) is 0.250. The third kappa shape index (κ3) is 3.33. The molecule has 1 aliphatic rings. The van der Waals surface area contributed by atoms with Gasteiger partial charge in [-0.25, -0.2) is 4.39 Å². The Balaban J connectivity index is 1.63. The van der Waals surface area contributed by atoms with Crippen LogP contribution >= 0.6 is 0 Å². The molecule has 0 saturated heterocycles. The second-order valence-electron chi connectivity index (χ2n) is 5.30. The first-order valence-electron chi connectivity index (χ1n) is 7.14. The van der Waals surface area contributed by atoms with Crippen molar-refractivity contribution >= 4 is 17.5 Å². The maximum absolute atomic E-state index is 13.8. The topological polar surface area (TPSA) is 63.1 Å². The maximum Gasteiger partial charge on any atom is 0.243 e. The molecule has 2 aromatic rings. The summed E-state index contributed by atoms with van der Waals surface area (Å²) < 4.78 is 15.5. The highest BCUT2D eigenvalue weighted by atomic mass is 19.1. The lowest BCUT2D eigenvalue weighted by Crippen LogP contribution is -2.33. The molecule has 1 aromatic carbocycles. The Morgan fingerprint density at radius 1 is 1.23 bits per heavy atom. The number of aromatic nitrogens is 1. The van der Waals surface area contributed by atoms with Crippen molar-refractivity contribution < 1.29 is 14.0 Å². The van der Waals surface area contributed by atoms with Crippen LogP contribution < -0.4 is 10.6 Å². The summed E-state index contributed by atoms with van der Waals surface area (Å²) in [5.41, 5.74) is 0.834. The third-order valence-corrected chi connectivity index (χ3v) is 3.48. The van der Waals surface area contributed by atoms with Crippen molar-refractivity contribution in [3.05, 3.63) is 48.5 Å². The van der Waals surface area contributed by atoms with Crippen LogP contribution in [-0.4, -0.2) is 22.9 Å². The number of carbonyl (C=O) groups is 2. The van der Waals surface area contributed by atoms with Gasteiger partial charge in [-0.2, -0.15) is 0 Å². The maximum atomic E-state index is 13.8. The number of rotatable bonds is 5. The van der Waals surface area contributed by atoms with Gasteiger partial charge in [-0.3, -0.25) is 9.59 Å².